The third-order valence-electron chi connectivity index (χ3n) is 3.67. The summed E-state index contributed by atoms with van der Waals surface area (Å²) in [6.45, 7) is 8.53. The first-order valence-corrected chi connectivity index (χ1v) is 6.62. The topological polar surface area (TPSA) is 38.5 Å². The van der Waals surface area contributed by atoms with Crippen LogP contribution in [0.1, 0.15) is 33.1 Å². The second-order valence-electron chi connectivity index (χ2n) is 5.25. The molecule has 0 saturated heterocycles. The molecular weight excluding hydrogens is 200 g/mol. The smallest absolute Gasteiger partial charge is 0.0589 e. The van der Waals surface area contributed by atoms with Gasteiger partial charge in [0.15, 0.2) is 0 Å². The van der Waals surface area contributed by atoms with Gasteiger partial charge >= 0.3 is 0 Å². The van der Waals surface area contributed by atoms with Crippen LogP contribution in [0.3, 0.4) is 0 Å². The molecule has 0 spiro atoms. The number of hydrogen-bond donors (Lipinski definition) is 1. The number of nitrogens with two attached hydrogens (primary N) is 1. The predicted molar refractivity (Wildman–Crippen MR) is 68.5 cm³/mol. The van der Waals surface area contributed by atoms with Gasteiger partial charge in [0, 0.05) is 26.2 Å². The molecule has 0 aliphatic heterocycles. The van der Waals surface area contributed by atoms with E-state index in [1.807, 2.05) is 0 Å². The van der Waals surface area contributed by atoms with Crippen molar-refractivity contribution in [3.05, 3.63) is 0 Å². The molecule has 1 aliphatic rings. The van der Waals surface area contributed by atoms with Crippen molar-refractivity contribution >= 4 is 0 Å². The van der Waals surface area contributed by atoms with Gasteiger partial charge in [-0.2, -0.15) is 0 Å². The maximum absolute atomic E-state index is 5.61. The Kier molecular flexibility index (Phi) is 6.32. The fourth-order valence-electron chi connectivity index (χ4n) is 2.32. The highest BCUT2D eigenvalue weighted by atomic mass is 16.5. The van der Waals surface area contributed by atoms with Crippen LogP contribution in [-0.2, 0) is 4.74 Å². The van der Waals surface area contributed by atoms with E-state index in [9.17, 15) is 0 Å². The number of ether oxygens (including phenoxy) is 1. The van der Waals surface area contributed by atoms with Crippen LogP contribution in [0.5, 0.6) is 0 Å². The molecule has 0 aromatic rings. The Balaban J connectivity index is 2.35. The van der Waals surface area contributed by atoms with Crippen molar-refractivity contribution in [2.75, 3.05) is 33.4 Å². The monoisotopic (exact) mass is 228 g/mol. The molecule has 96 valence electrons. The van der Waals surface area contributed by atoms with Crippen LogP contribution < -0.4 is 5.73 Å². The summed E-state index contributed by atoms with van der Waals surface area (Å²) in [7, 11) is 1.78. The van der Waals surface area contributed by atoms with Crippen LogP contribution in [0.4, 0.5) is 0 Å². The second kappa shape index (κ2) is 7.25. The summed E-state index contributed by atoms with van der Waals surface area (Å²) < 4.78 is 5.20. The van der Waals surface area contributed by atoms with E-state index in [0.29, 0.717) is 5.92 Å². The maximum atomic E-state index is 5.61. The summed E-state index contributed by atoms with van der Waals surface area (Å²) in [6, 6.07) is 0.718. The van der Waals surface area contributed by atoms with Crippen molar-refractivity contribution in [2.24, 2.45) is 17.6 Å². The number of hydrogen-bond acceptors (Lipinski definition) is 3. The van der Waals surface area contributed by atoms with Gasteiger partial charge in [-0.25, -0.2) is 0 Å². The van der Waals surface area contributed by atoms with Crippen LogP contribution in [-0.4, -0.2) is 44.3 Å². The minimum absolute atomic E-state index is 0.697. The molecule has 3 nitrogen and oxygen atoms in total. The Bertz CT molecular complexity index is 183. The van der Waals surface area contributed by atoms with Gasteiger partial charge in [-0.3, -0.25) is 4.90 Å². The van der Waals surface area contributed by atoms with Crippen molar-refractivity contribution in [2.45, 2.75) is 39.2 Å². The lowest BCUT2D eigenvalue weighted by atomic mass is 10.1. The molecule has 1 fully saturated rings. The van der Waals surface area contributed by atoms with Crippen LogP contribution in [0.25, 0.3) is 0 Å². The van der Waals surface area contributed by atoms with E-state index in [4.69, 9.17) is 10.5 Å². The molecule has 0 aromatic heterocycles. The van der Waals surface area contributed by atoms with E-state index in [2.05, 4.69) is 18.7 Å². The van der Waals surface area contributed by atoms with Crippen LogP contribution in [0.15, 0.2) is 0 Å². The van der Waals surface area contributed by atoms with Crippen LogP contribution in [0.2, 0.25) is 0 Å². The maximum Gasteiger partial charge on any atom is 0.0589 e. The van der Waals surface area contributed by atoms with Crippen molar-refractivity contribution in [3.8, 4) is 0 Å². The lowest BCUT2D eigenvalue weighted by Crippen LogP contribution is -2.40. The first kappa shape index (κ1) is 13.9. The van der Waals surface area contributed by atoms with E-state index in [1.54, 1.807) is 7.11 Å². The molecule has 3 heteroatoms. The minimum Gasteiger partial charge on any atom is -0.383 e. The summed E-state index contributed by atoms with van der Waals surface area (Å²) in [4.78, 5) is 2.58. The molecule has 0 amide bonds. The van der Waals surface area contributed by atoms with Gasteiger partial charge in [-0.05, 0) is 44.6 Å². The fourth-order valence-corrected chi connectivity index (χ4v) is 2.32. The molecule has 1 saturated carbocycles. The summed E-state index contributed by atoms with van der Waals surface area (Å²) >= 11 is 0. The zero-order valence-corrected chi connectivity index (χ0v) is 11.1. The van der Waals surface area contributed by atoms with Crippen LogP contribution >= 0.6 is 0 Å². The average Bonchev–Trinajstić information content (AvgIpc) is 3.07. The van der Waals surface area contributed by atoms with Gasteiger partial charge in [-0.15, -0.1) is 0 Å². The lowest BCUT2D eigenvalue weighted by molar-refractivity contribution is 0.104. The zero-order valence-electron chi connectivity index (χ0n) is 11.1. The third kappa shape index (κ3) is 4.81. The first-order valence-electron chi connectivity index (χ1n) is 6.62. The number of nitrogens with zero attached hydrogens (tertiary/aromatic N) is 1. The Morgan fingerprint density at radius 3 is 2.56 bits per heavy atom. The Morgan fingerprint density at radius 2 is 2.06 bits per heavy atom. The molecule has 0 heterocycles. The Morgan fingerprint density at radius 1 is 1.38 bits per heavy atom. The molecule has 1 aliphatic carbocycles. The molecule has 0 aromatic carbocycles. The van der Waals surface area contributed by atoms with E-state index in [0.717, 1.165) is 44.6 Å². The van der Waals surface area contributed by atoms with Crippen molar-refractivity contribution in [3.63, 3.8) is 0 Å². The largest absolute Gasteiger partial charge is 0.383 e. The van der Waals surface area contributed by atoms with Gasteiger partial charge in [0.2, 0.25) is 0 Å². The SMILES string of the molecule is COCCN(CC(C)CCN)C(C)C1CC1. The van der Waals surface area contributed by atoms with Crippen LogP contribution in [0, 0.1) is 11.8 Å². The van der Waals surface area contributed by atoms with E-state index >= 15 is 0 Å². The molecular formula is C13H28N2O. The minimum atomic E-state index is 0.697. The van der Waals surface area contributed by atoms with Crippen molar-refractivity contribution in [1.82, 2.24) is 4.90 Å². The normalized spacial score (nSPS) is 20.1. The second-order valence-corrected chi connectivity index (χ2v) is 5.25. The number of rotatable bonds is 9. The Labute approximate surface area is 100 Å². The molecule has 2 atom stereocenters. The summed E-state index contributed by atoms with van der Waals surface area (Å²) in [5.41, 5.74) is 5.61. The van der Waals surface area contributed by atoms with Gasteiger partial charge in [-0.1, -0.05) is 6.92 Å². The average molecular weight is 228 g/mol. The zero-order chi connectivity index (χ0) is 12.0. The predicted octanol–water partition coefficient (Wildman–Crippen LogP) is 1.72. The number of methoxy groups -OCH3 is 1. The quantitative estimate of drug-likeness (QED) is 0.653. The highest BCUT2D eigenvalue weighted by molar-refractivity contribution is 4.85. The van der Waals surface area contributed by atoms with Gasteiger partial charge < -0.3 is 10.5 Å². The summed E-state index contributed by atoms with van der Waals surface area (Å²) in [5.74, 6) is 1.63. The van der Waals surface area contributed by atoms with Gasteiger partial charge in [0.25, 0.3) is 0 Å². The Hall–Kier alpha value is -0.120. The molecule has 2 unspecified atom stereocenters. The molecule has 0 bridgehead atoms. The molecule has 16 heavy (non-hydrogen) atoms. The van der Waals surface area contributed by atoms with E-state index < -0.39 is 0 Å². The lowest BCUT2D eigenvalue weighted by Gasteiger charge is -2.31. The third-order valence-corrected chi connectivity index (χ3v) is 3.67. The van der Waals surface area contributed by atoms with Gasteiger partial charge in [0.1, 0.15) is 0 Å². The highest BCUT2D eigenvalue weighted by Gasteiger charge is 2.32. The fraction of sp³-hybridized carbons (Fsp3) is 1.00. The highest BCUT2D eigenvalue weighted by Crippen LogP contribution is 2.35. The molecule has 2 N–H and O–H groups in total. The first-order chi connectivity index (χ1) is 7.69. The van der Waals surface area contributed by atoms with Crippen molar-refractivity contribution in [1.29, 1.82) is 0 Å². The molecule has 0 radical (unpaired) electrons. The molecule has 1 rings (SSSR count). The van der Waals surface area contributed by atoms with E-state index in [1.165, 1.54) is 12.8 Å². The summed E-state index contributed by atoms with van der Waals surface area (Å²) in [5, 5.41) is 0. The summed E-state index contributed by atoms with van der Waals surface area (Å²) in [6.07, 6.45) is 3.95. The van der Waals surface area contributed by atoms with E-state index in [-0.39, 0.29) is 0 Å². The standard InChI is InChI=1S/C13H28N2O/c1-11(6-7-14)10-15(8-9-16-3)12(2)13-4-5-13/h11-13H,4-10,14H2,1-3H3. The van der Waals surface area contributed by atoms with Crippen molar-refractivity contribution < 1.29 is 4.74 Å². The van der Waals surface area contributed by atoms with Gasteiger partial charge in [0.05, 0.1) is 6.61 Å².